The topological polar surface area (TPSA) is 154 Å². The monoisotopic (exact) mass is 420 g/mol. The van der Waals surface area contributed by atoms with Crippen LogP contribution in [0.2, 0.25) is 0 Å². The van der Waals surface area contributed by atoms with Crippen LogP contribution in [-0.2, 0) is 26.1 Å². The Morgan fingerprint density at radius 2 is 2.07 bits per heavy atom. The highest BCUT2D eigenvalue weighted by Gasteiger charge is 2.23. The number of nitro groups is 1. The van der Waals surface area contributed by atoms with Gasteiger partial charge in [0.2, 0.25) is 10.0 Å². The van der Waals surface area contributed by atoms with E-state index in [0.717, 1.165) is 18.1 Å². The predicted molar refractivity (Wildman–Crippen MR) is 106 cm³/mol. The van der Waals surface area contributed by atoms with Crippen molar-refractivity contribution in [2.45, 2.75) is 30.4 Å². The summed E-state index contributed by atoms with van der Waals surface area (Å²) in [6, 6.07) is 10.4. The fourth-order valence-corrected chi connectivity index (χ4v) is 3.49. The summed E-state index contributed by atoms with van der Waals surface area (Å²) in [6.07, 6.45) is 1.09. The van der Waals surface area contributed by atoms with Crippen molar-refractivity contribution in [1.82, 2.24) is 0 Å². The number of nitrogens with two attached hydrogens (primary N) is 1. The van der Waals surface area contributed by atoms with E-state index >= 15 is 0 Å². The Hall–Kier alpha value is -3.02. The number of nitrogens with zero attached hydrogens (tertiary/aromatic N) is 1. The minimum Gasteiger partial charge on any atom is -0.375 e. The van der Waals surface area contributed by atoms with Gasteiger partial charge in [-0.15, -0.1) is 0 Å². The molecule has 1 amide bonds. The molecule has 0 bridgehead atoms. The van der Waals surface area contributed by atoms with E-state index in [1.54, 1.807) is 24.3 Å². The summed E-state index contributed by atoms with van der Waals surface area (Å²) in [5.41, 5.74) is 1.10. The number of amides is 1. The molecule has 29 heavy (non-hydrogen) atoms. The lowest BCUT2D eigenvalue weighted by atomic mass is 10.1. The average Bonchev–Trinajstić information content (AvgIpc) is 3.20. The van der Waals surface area contributed by atoms with Gasteiger partial charge in [-0.25, -0.2) is 13.6 Å². The molecule has 2 aromatic carbocycles. The van der Waals surface area contributed by atoms with Gasteiger partial charge in [-0.3, -0.25) is 14.9 Å². The largest absolute Gasteiger partial charge is 0.375 e. The first kappa shape index (κ1) is 20.7. The molecule has 10 nitrogen and oxygen atoms in total. The Bertz CT molecular complexity index is 1030. The normalized spacial score (nSPS) is 16.4. The van der Waals surface area contributed by atoms with Crippen LogP contribution in [0, 0.1) is 10.1 Å². The van der Waals surface area contributed by atoms with E-state index in [-0.39, 0.29) is 23.0 Å². The lowest BCUT2D eigenvalue weighted by Crippen LogP contribution is -2.26. The molecule has 1 aliphatic heterocycles. The Balaban J connectivity index is 1.71. The van der Waals surface area contributed by atoms with Crippen molar-refractivity contribution < 1.29 is 22.9 Å². The van der Waals surface area contributed by atoms with Gasteiger partial charge in [-0.2, -0.15) is 0 Å². The average molecular weight is 420 g/mol. The van der Waals surface area contributed by atoms with Gasteiger partial charge in [0.05, 0.1) is 9.82 Å². The summed E-state index contributed by atoms with van der Waals surface area (Å²) in [5, 5.41) is 22.0. The molecule has 0 aromatic heterocycles. The van der Waals surface area contributed by atoms with Gasteiger partial charge in [-0.05, 0) is 42.7 Å². The summed E-state index contributed by atoms with van der Waals surface area (Å²) >= 11 is 0. The van der Waals surface area contributed by atoms with Crippen molar-refractivity contribution in [2.24, 2.45) is 5.14 Å². The van der Waals surface area contributed by atoms with Gasteiger partial charge in [0, 0.05) is 24.9 Å². The number of nitrogens with one attached hydrogen (secondary N) is 2. The number of nitro benzene ring substituents is 1. The molecule has 1 fully saturated rings. The fourth-order valence-electron chi connectivity index (χ4n) is 2.95. The lowest BCUT2D eigenvalue weighted by Gasteiger charge is -2.12. The number of primary sulfonamides is 1. The number of sulfonamides is 1. The predicted octanol–water partition coefficient (Wildman–Crippen LogP) is 1.97. The summed E-state index contributed by atoms with van der Waals surface area (Å²) < 4.78 is 28.2. The van der Waals surface area contributed by atoms with Crippen molar-refractivity contribution >= 4 is 33.0 Å². The van der Waals surface area contributed by atoms with E-state index in [2.05, 4.69) is 10.6 Å². The lowest BCUT2D eigenvalue weighted by molar-refractivity contribution is -0.384. The first-order valence-electron chi connectivity index (χ1n) is 8.80. The fraction of sp³-hybridized carbons (Fsp3) is 0.278. The standard InChI is InChI=1S/C18H20N4O6S/c19-29(26,27)14-6-7-15(16(10-14)22(24)25)20-11-12-3-1-4-13(9-12)21-18(23)17-5-2-8-28-17/h1,3-4,6-7,9-10,17,20H,2,5,8,11H2,(H,21,23)(H2,19,26,27). The van der Waals surface area contributed by atoms with Crippen molar-refractivity contribution in [3.05, 3.63) is 58.1 Å². The Morgan fingerprint density at radius 1 is 1.28 bits per heavy atom. The summed E-state index contributed by atoms with van der Waals surface area (Å²) in [5.74, 6) is -0.207. The number of rotatable bonds is 7. The molecule has 0 aliphatic carbocycles. The highest BCUT2D eigenvalue weighted by molar-refractivity contribution is 7.89. The van der Waals surface area contributed by atoms with Crippen molar-refractivity contribution in [3.8, 4) is 0 Å². The Labute approximate surface area is 167 Å². The molecule has 1 heterocycles. The third-order valence-electron chi connectivity index (χ3n) is 4.39. The third-order valence-corrected chi connectivity index (χ3v) is 5.31. The molecule has 2 aromatic rings. The van der Waals surface area contributed by atoms with Crippen molar-refractivity contribution in [1.29, 1.82) is 0 Å². The quantitative estimate of drug-likeness (QED) is 0.457. The second kappa shape index (κ2) is 8.55. The van der Waals surface area contributed by atoms with E-state index in [1.165, 1.54) is 12.1 Å². The molecule has 0 saturated carbocycles. The van der Waals surface area contributed by atoms with Gasteiger partial charge in [0.15, 0.2) is 0 Å². The number of ether oxygens (including phenoxy) is 1. The van der Waals surface area contributed by atoms with Crippen LogP contribution in [0.25, 0.3) is 0 Å². The molecule has 1 aliphatic rings. The van der Waals surface area contributed by atoms with Crippen LogP contribution in [-0.4, -0.2) is 32.0 Å². The summed E-state index contributed by atoms with van der Waals surface area (Å²) in [7, 11) is -4.05. The molecule has 154 valence electrons. The summed E-state index contributed by atoms with van der Waals surface area (Å²) in [6.45, 7) is 0.796. The Kier molecular flexibility index (Phi) is 6.11. The molecule has 4 N–H and O–H groups in total. The van der Waals surface area contributed by atoms with Crippen LogP contribution < -0.4 is 15.8 Å². The van der Waals surface area contributed by atoms with Crippen LogP contribution in [0.5, 0.6) is 0 Å². The van der Waals surface area contributed by atoms with E-state index in [4.69, 9.17) is 9.88 Å². The molecule has 1 saturated heterocycles. The number of carbonyl (C=O) groups excluding carboxylic acids is 1. The molecule has 0 radical (unpaired) electrons. The molecule has 1 unspecified atom stereocenters. The van der Waals surface area contributed by atoms with E-state index < -0.39 is 26.7 Å². The van der Waals surface area contributed by atoms with Crippen LogP contribution in [0.15, 0.2) is 47.4 Å². The van der Waals surface area contributed by atoms with Crippen molar-refractivity contribution in [2.75, 3.05) is 17.2 Å². The van der Waals surface area contributed by atoms with Crippen molar-refractivity contribution in [3.63, 3.8) is 0 Å². The van der Waals surface area contributed by atoms with E-state index in [1.807, 2.05) is 0 Å². The van der Waals surface area contributed by atoms with E-state index in [0.29, 0.717) is 18.7 Å². The van der Waals surface area contributed by atoms with Gasteiger partial charge in [0.1, 0.15) is 11.8 Å². The first-order valence-corrected chi connectivity index (χ1v) is 10.4. The number of anilines is 2. The van der Waals surface area contributed by atoms with Gasteiger partial charge < -0.3 is 15.4 Å². The maximum atomic E-state index is 12.2. The second-order valence-corrected chi connectivity index (χ2v) is 8.09. The zero-order chi connectivity index (χ0) is 21.0. The minimum atomic E-state index is -4.05. The molecule has 11 heteroatoms. The number of hydrogen-bond acceptors (Lipinski definition) is 7. The number of benzene rings is 2. The SMILES string of the molecule is NS(=O)(=O)c1ccc(NCc2cccc(NC(=O)C3CCCO3)c2)c([N+](=O)[O-])c1. The third kappa shape index (κ3) is 5.28. The van der Waals surface area contributed by atoms with E-state index in [9.17, 15) is 23.3 Å². The number of carbonyl (C=O) groups is 1. The first-order chi connectivity index (χ1) is 13.7. The van der Waals surface area contributed by atoms with Gasteiger partial charge in [0.25, 0.3) is 11.6 Å². The second-order valence-electron chi connectivity index (χ2n) is 6.53. The summed E-state index contributed by atoms with van der Waals surface area (Å²) in [4.78, 5) is 22.4. The van der Waals surface area contributed by atoms with Crippen LogP contribution in [0.4, 0.5) is 17.1 Å². The van der Waals surface area contributed by atoms with Crippen LogP contribution in [0.3, 0.4) is 0 Å². The molecular weight excluding hydrogens is 400 g/mol. The molecule has 3 rings (SSSR count). The maximum absolute atomic E-state index is 12.2. The van der Waals surface area contributed by atoms with Gasteiger partial charge >= 0.3 is 0 Å². The molecule has 1 atom stereocenters. The zero-order valence-electron chi connectivity index (χ0n) is 15.3. The zero-order valence-corrected chi connectivity index (χ0v) is 16.1. The smallest absolute Gasteiger partial charge is 0.293 e. The van der Waals surface area contributed by atoms with Crippen LogP contribution in [0.1, 0.15) is 18.4 Å². The minimum absolute atomic E-state index is 0.149. The molecular formula is C18H20N4O6S. The molecule has 0 spiro atoms. The number of hydrogen-bond donors (Lipinski definition) is 3. The maximum Gasteiger partial charge on any atom is 0.293 e. The highest BCUT2D eigenvalue weighted by atomic mass is 32.2. The Morgan fingerprint density at radius 3 is 2.72 bits per heavy atom. The highest BCUT2D eigenvalue weighted by Crippen LogP contribution is 2.28. The van der Waals surface area contributed by atoms with Crippen LogP contribution >= 0.6 is 0 Å². The van der Waals surface area contributed by atoms with Gasteiger partial charge in [-0.1, -0.05) is 12.1 Å².